The summed E-state index contributed by atoms with van der Waals surface area (Å²) in [5.74, 6) is -0.693. The molecule has 0 atom stereocenters. The molecule has 0 fully saturated rings. The quantitative estimate of drug-likeness (QED) is 0.438. The van der Waals surface area contributed by atoms with Gasteiger partial charge in [-0.3, -0.25) is 4.79 Å². The van der Waals surface area contributed by atoms with E-state index in [1.54, 1.807) is 36.4 Å². The van der Waals surface area contributed by atoms with Gasteiger partial charge in [0.1, 0.15) is 0 Å². The molecule has 0 unspecified atom stereocenters. The summed E-state index contributed by atoms with van der Waals surface area (Å²) in [7, 11) is 0. The molecule has 0 aliphatic rings. The molecule has 5 heteroatoms. The summed E-state index contributed by atoms with van der Waals surface area (Å²) in [4.78, 5) is 16.6. The van der Waals surface area contributed by atoms with Crippen molar-refractivity contribution in [3.05, 3.63) is 89.6 Å². The molecule has 0 saturated heterocycles. The molecule has 3 aromatic carbocycles. The first kappa shape index (κ1) is 16.3. The smallest absolute Gasteiger partial charge is 0.289 e. The van der Waals surface area contributed by atoms with Crippen LogP contribution in [0.2, 0.25) is 0 Å². The van der Waals surface area contributed by atoms with Crippen molar-refractivity contribution in [2.24, 2.45) is 0 Å². The van der Waals surface area contributed by atoms with Crippen LogP contribution in [-0.2, 0) is 6.18 Å². The molecule has 0 radical (unpaired) electrons. The van der Waals surface area contributed by atoms with E-state index in [1.165, 1.54) is 12.1 Å². The lowest BCUT2D eigenvalue weighted by molar-refractivity contribution is -0.141. The normalized spacial score (nSPS) is 11.8. The number of benzene rings is 3. The lowest BCUT2D eigenvalue weighted by Gasteiger charge is -2.13. The van der Waals surface area contributed by atoms with Crippen molar-refractivity contribution in [2.45, 2.75) is 6.18 Å². The topological polar surface area (TPSA) is 30.0 Å². The third-order valence-electron chi connectivity index (χ3n) is 4.25. The second kappa shape index (κ2) is 5.95. The van der Waals surface area contributed by atoms with Crippen molar-refractivity contribution in [1.82, 2.24) is 4.98 Å². The molecule has 128 valence electrons. The standard InChI is InChI=1S/C21H12F3NO/c22-21(23,24)20-17(12-15-7-3-4-8-18(15)25-20)19(26)16-10-9-13-5-1-2-6-14(13)11-16/h1-12H. The lowest BCUT2D eigenvalue weighted by atomic mass is 9.97. The number of nitrogens with zero attached hydrogens (tertiary/aromatic N) is 1. The van der Waals surface area contributed by atoms with Crippen LogP contribution in [0.5, 0.6) is 0 Å². The Morgan fingerprint density at radius 3 is 2.15 bits per heavy atom. The van der Waals surface area contributed by atoms with Crippen molar-refractivity contribution in [3.8, 4) is 0 Å². The average Bonchev–Trinajstić information content (AvgIpc) is 2.65. The summed E-state index contributed by atoms with van der Waals surface area (Å²) in [6.07, 6.45) is -4.72. The van der Waals surface area contributed by atoms with E-state index in [0.717, 1.165) is 10.8 Å². The highest BCUT2D eigenvalue weighted by atomic mass is 19.4. The van der Waals surface area contributed by atoms with E-state index in [4.69, 9.17) is 0 Å². The Kier molecular flexibility index (Phi) is 3.72. The maximum absolute atomic E-state index is 13.5. The van der Waals surface area contributed by atoms with Crippen LogP contribution in [-0.4, -0.2) is 10.8 Å². The van der Waals surface area contributed by atoms with E-state index < -0.39 is 23.2 Å². The number of carbonyl (C=O) groups excluding carboxylic acids is 1. The zero-order valence-corrected chi connectivity index (χ0v) is 13.4. The Morgan fingerprint density at radius 2 is 1.42 bits per heavy atom. The molecule has 0 aliphatic carbocycles. The van der Waals surface area contributed by atoms with Gasteiger partial charge in [-0.1, -0.05) is 54.6 Å². The Balaban J connectivity index is 1.92. The van der Waals surface area contributed by atoms with Crippen LogP contribution in [0.4, 0.5) is 13.2 Å². The van der Waals surface area contributed by atoms with Gasteiger partial charge in [0.05, 0.1) is 11.1 Å². The van der Waals surface area contributed by atoms with Crippen molar-refractivity contribution in [1.29, 1.82) is 0 Å². The Bertz CT molecular complexity index is 1150. The van der Waals surface area contributed by atoms with Crippen LogP contribution in [0.3, 0.4) is 0 Å². The first-order valence-corrected chi connectivity index (χ1v) is 7.94. The zero-order chi connectivity index (χ0) is 18.3. The molecule has 1 aromatic heterocycles. The molecule has 4 aromatic rings. The fraction of sp³-hybridized carbons (Fsp3) is 0.0476. The third kappa shape index (κ3) is 2.81. The number of pyridine rings is 1. The van der Waals surface area contributed by atoms with Gasteiger partial charge in [0, 0.05) is 10.9 Å². The molecule has 0 aliphatic heterocycles. The van der Waals surface area contributed by atoms with Crippen molar-refractivity contribution in [2.75, 3.05) is 0 Å². The summed E-state index contributed by atoms with van der Waals surface area (Å²) in [6, 6.07) is 19.9. The summed E-state index contributed by atoms with van der Waals surface area (Å²) in [5.41, 5.74) is -1.19. The molecule has 2 nitrogen and oxygen atoms in total. The van der Waals surface area contributed by atoms with Crippen LogP contribution in [0, 0.1) is 0 Å². The number of fused-ring (bicyclic) bond motifs is 2. The third-order valence-corrected chi connectivity index (χ3v) is 4.25. The van der Waals surface area contributed by atoms with Gasteiger partial charge in [0.2, 0.25) is 0 Å². The van der Waals surface area contributed by atoms with Crippen molar-refractivity contribution in [3.63, 3.8) is 0 Å². The highest BCUT2D eigenvalue weighted by molar-refractivity contribution is 6.12. The van der Waals surface area contributed by atoms with E-state index >= 15 is 0 Å². The van der Waals surface area contributed by atoms with E-state index in [9.17, 15) is 18.0 Å². The predicted molar refractivity (Wildman–Crippen MR) is 94.1 cm³/mol. The minimum atomic E-state index is -4.72. The molecule has 1 heterocycles. The highest BCUT2D eigenvalue weighted by Crippen LogP contribution is 2.33. The van der Waals surface area contributed by atoms with E-state index in [2.05, 4.69) is 4.98 Å². The van der Waals surface area contributed by atoms with Gasteiger partial charge in [0.15, 0.2) is 11.5 Å². The number of rotatable bonds is 2. The van der Waals surface area contributed by atoms with Gasteiger partial charge in [-0.15, -0.1) is 0 Å². The predicted octanol–water partition coefficient (Wildman–Crippen LogP) is 5.64. The number of carbonyl (C=O) groups is 1. The largest absolute Gasteiger partial charge is 0.434 e. The second-order valence-corrected chi connectivity index (χ2v) is 5.97. The van der Waals surface area contributed by atoms with Crippen LogP contribution in [0.25, 0.3) is 21.7 Å². The number of hydrogen-bond acceptors (Lipinski definition) is 2. The molecule has 26 heavy (non-hydrogen) atoms. The minimum absolute atomic E-state index is 0.200. The molecule has 0 amide bonds. The summed E-state index contributed by atoms with van der Waals surface area (Å²) >= 11 is 0. The van der Waals surface area contributed by atoms with E-state index in [1.807, 2.05) is 24.3 Å². The van der Waals surface area contributed by atoms with Crippen LogP contribution < -0.4 is 0 Å². The molecular formula is C21H12F3NO. The number of ketones is 1. The lowest BCUT2D eigenvalue weighted by Crippen LogP contribution is -2.16. The Labute approximate surface area is 146 Å². The van der Waals surface area contributed by atoms with E-state index in [0.29, 0.717) is 5.39 Å². The fourth-order valence-electron chi connectivity index (χ4n) is 2.99. The monoisotopic (exact) mass is 351 g/mol. The number of aromatic nitrogens is 1. The maximum atomic E-state index is 13.5. The Morgan fingerprint density at radius 1 is 0.769 bits per heavy atom. The number of halogens is 3. The minimum Gasteiger partial charge on any atom is -0.289 e. The molecule has 0 bridgehead atoms. The maximum Gasteiger partial charge on any atom is 0.434 e. The average molecular weight is 351 g/mol. The summed E-state index contributed by atoms with van der Waals surface area (Å²) in [5, 5.41) is 2.20. The fourth-order valence-corrected chi connectivity index (χ4v) is 2.99. The van der Waals surface area contributed by atoms with Crippen LogP contribution in [0.1, 0.15) is 21.6 Å². The SMILES string of the molecule is O=C(c1ccc2ccccc2c1)c1cc2ccccc2nc1C(F)(F)F. The first-order valence-electron chi connectivity index (χ1n) is 7.94. The van der Waals surface area contributed by atoms with Gasteiger partial charge in [-0.25, -0.2) is 4.98 Å². The summed E-state index contributed by atoms with van der Waals surface area (Å²) in [6.45, 7) is 0. The van der Waals surface area contributed by atoms with Crippen LogP contribution >= 0.6 is 0 Å². The van der Waals surface area contributed by atoms with Crippen molar-refractivity contribution >= 4 is 27.5 Å². The molecule has 0 spiro atoms. The molecular weight excluding hydrogens is 339 g/mol. The molecule has 0 saturated carbocycles. The number of para-hydroxylation sites is 1. The van der Waals surface area contributed by atoms with Crippen molar-refractivity contribution < 1.29 is 18.0 Å². The van der Waals surface area contributed by atoms with E-state index in [-0.39, 0.29) is 11.1 Å². The van der Waals surface area contributed by atoms with Gasteiger partial charge in [-0.05, 0) is 29.0 Å². The first-order chi connectivity index (χ1) is 12.4. The van der Waals surface area contributed by atoms with Gasteiger partial charge in [0.25, 0.3) is 0 Å². The second-order valence-electron chi connectivity index (χ2n) is 5.97. The number of alkyl halides is 3. The zero-order valence-electron chi connectivity index (χ0n) is 13.4. The summed E-state index contributed by atoms with van der Waals surface area (Å²) < 4.78 is 40.5. The Hall–Kier alpha value is -3.21. The molecule has 0 N–H and O–H groups in total. The van der Waals surface area contributed by atoms with Crippen LogP contribution in [0.15, 0.2) is 72.8 Å². The molecule has 4 rings (SSSR count). The van der Waals surface area contributed by atoms with Gasteiger partial charge in [-0.2, -0.15) is 13.2 Å². The van der Waals surface area contributed by atoms with Gasteiger partial charge < -0.3 is 0 Å². The number of hydrogen-bond donors (Lipinski definition) is 0. The van der Waals surface area contributed by atoms with Gasteiger partial charge >= 0.3 is 6.18 Å². The highest BCUT2D eigenvalue weighted by Gasteiger charge is 2.37.